The van der Waals surface area contributed by atoms with Crippen LogP contribution in [-0.4, -0.2) is 24.3 Å². The maximum absolute atomic E-state index is 12.6. The monoisotopic (exact) mass is 307 g/mol. The maximum Gasteiger partial charge on any atom is 0.142 e. The molecule has 0 aliphatic heterocycles. The largest absolute Gasteiger partial charge is 0.299 e. The number of carbonyl (C=O) groups is 1. The standard InChI is InChI=1S/C18H26ClNO/c1-13(15-9-5-6-10-16(15)19)20(4)12-14-8-7-11-18(2,3)17(14)21/h5-6,9-10,13-14H,7-8,11-12H2,1-4H3. The molecular formula is C18H26ClNO. The zero-order chi connectivity index (χ0) is 15.6. The molecule has 2 nitrogen and oxygen atoms in total. The normalized spacial score (nSPS) is 23.3. The lowest BCUT2D eigenvalue weighted by atomic mass is 9.71. The van der Waals surface area contributed by atoms with Gasteiger partial charge in [-0.25, -0.2) is 0 Å². The minimum Gasteiger partial charge on any atom is -0.299 e. The molecule has 1 aromatic carbocycles. The number of rotatable bonds is 4. The summed E-state index contributed by atoms with van der Waals surface area (Å²) in [5, 5.41) is 0.798. The Kier molecular flexibility index (Phi) is 5.11. The molecule has 0 spiro atoms. The molecule has 1 fully saturated rings. The molecule has 1 saturated carbocycles. The fraction of sp³-hybridized carbons (Fsp3) is 0.611. The number of hydrogen-bond donors (Lipinski definition) is 0. The van der Waals surface area contributed by atoms with Crippen LogP contribution in [0.4, 0.5) is 0 Å². The van der Waals surface area contributed by atoms with E-state index in [1.807, 2.05) is 18.2 Å². The number of hydrogen-bond acceptors (Lipinski definition) is 2. The second kappa shape index (κ2) is 6.50. The summed E-state index contributed by atoms with van der Waals surface area (Å²) in [6.45, 7) is 7.13. The molecule has 2 unspecified atom stereocenters. The fourth-order valence-electron chi connectivity index (χ4n) is 3.33. The Balaban J connectivity index is 2.06. The van der Waals surface area contributed by atoms with E-state index < -0.39 is 0 Å². The van der Waals surface area contributed by atoms with Crippen molar-refractivity contribution in [2.75, 3.05) is 13.6 Å². The zero-order valence-corrected chi connectivity index (χ0v) is 14.3. The van der Waals surface area contributed by atoms with Gasteiger partial charge in [0.05, 0.1) is 0 Å². The van der Waals surface area contributed by atoms with Crippen molar-refractivity contribution in [2.24, 2.45) is 11.3 Å². The van der Waals surface area contributed by atoms with Gasteiger partial charge in [-0.05, 0) is 38.4 Å². The second-order valence-electron chi connectivity index (χ2n) is 6.97. The van der Waals surface area contributed by atoms with Crippen LogP contribution in [0.15, 0.2) is 24.3 Å². The minimum atomic E-state index is -0.155. The zero-order valence-electron chi connectivity index (χ0n) is 13.5. The van der Waals surface area contributed by atoms with Crippen LogP contribution in [0.1, 0.15) is 51.6 Å². The van der Waals surface area contributed by atoms with Gasteiger partial charge in [0.25, 0.3) is 0 Å². The van der Waals surface area contributed by atoms with Gasteiger partial charge in [0.2, 0.25) is 0 Å². The molecule has 2 rings (SSSR count). The first-order valence-electron chi connectivity index (χ1n) is 7.82. The third kappa shape index (κ3) is 3.67. The summed E-state index contributed by atoms with van der Waals surface area (Å²) in [7, 11) is 2.09. The van der Waals surface area contributed by atoms with Crippen LogP contribution < -0.4 is 0 Å². The molecule has 1 aliphatic carbocycles. The minimum absolute atomic E-state index is 0.155. The predicted octanol–water partition coefficient (Wildman–Crippen LogP) is 4.73. The van der Waals surface area contributed by atoms with Crippen molar-refractivity contribution in [3.05, 3.63) is 34.9 Å². The van der Waals surface area contributed by atoms with Crippen LogP contribution in [0.25, 0.3) is 0 Å². The molecule has 2 atom stereocenters. The van der Waals surface area contributed by atoms with Gasteiger partial charge in [0.1, 0.15) is 5.78 Å². The predicted molar refractivity (Wildman–Crippen MR) is 88.6 cm³/mol. The highest BCUT2D eigenvalue weighted by atomic mass is 35.5. The Bertz CT molecular complexity index is 512. The molecule has 0 radical (unpaired) electrons. The van der Waals surface area contributed by atoms with E-state index in [0.29, 0.717) is 5.78 Å². The van der Waals surface area contributed by atoms with E-state index >= 15 is 0 Å². The van der Waals surface area contributed by atoms with E-state index in [2.05, 4.69) is 38.8 Å². The van der Waals surface area contributed by atoms with Gasteiger partial charge in [0, 0.05) is 28.9 Å². The molecule has 1 aromatic rings. The van der Waals surface area contributed by atoms with Gasteiger partial charge < -0.3 is 0 Å². The smallest absolute Gasteiger partial charge is 0.142 e. The number of carbonyl (C=O) groups excluding carboxylic acids is 1. The van der Waals surface area contributed by atoms with Crippen molar-refractivity contribution in [1.29, 1.82) is 0 Å². The van der Waals surface area contributed by atoms with Gasteiger partial charge in [-0.2, -0.15) is 0 Å². The van der Waals surface area contributed by atoms with Crippen LogP contribution in [0, 0.1) is 11.3 Å². The van der Waals surface area contributed by atoms with Gasteiger partial charge in [-0.3, -0.25) is 9.69 Å². The number of Topliss-reactive ketones (excluding diaryl/α,β-unsaturated/α-hetero) is 1. The lowest BCUT2D eigenvalue weighted by Crippen LogP contribution is -2.41. The average Bonchev–Trinajstić information content (AvgIpc) is 2.43. The van der Waals surface area contributed by atoms with Crippen molar-refractivity contribution in [3.8, 4) is 0 Å². The van der Waals surface area contributed by atoms with Crippen LogP contribution in [0.5, 0.6) is 0 Å². The number of ketones is 1. The summed E-state index contributed by atoms with van der Waals surface area (Å²) in [6.07, 6.45) is 3.19. The van der Waals surface area contributed by atoms with Crippen LogP contribution >= 0.6 is 11.6 Å². The van der Waals surface area contributed by atoms with E-state index in [-0.39, 0.29) is 17.4 Å². The van der Waals surface area contributed by atoms with Gasteiger partial charge in [-0.1, -0.05) is 50.1 Å². The Morgan fingerprint density at radius 3 is 2.71 bits per heavy atom. The van der Waals surface area contributed by atoms with E-state index in [0.717, 1.165) is 36.4 Å². The number of benzene rings is 1. The van der Waals surface area contributed by atoms with E-state index in [1.54, 1.807) is 0 Å². The quantitative estimate of drug-likeness (QED) is 0.801. The Hall–Kier alpha value is -0.860. The maximum atomic E-state index is 12.6. The molecular weight excluding hydrogens is 282 g/mol. The number of halogens is 1. The van der Waals surface area contributed by atoms with Crippen LogP contribution in [-0.2, 0) is 4.79 Å². The molecule has 3 heteroatoms. The van der Waals surface area contributed by atoms with E-state index in [1.165, 1.54) is 0 Å². The SMILES string of the molecule is CC(c1ccccc1Cl)N(C)CC1CCCC(C)(C)C1=O. The Labute approximate surface area is 133 Å². The molecule has 21 heavy (non-hydrogen) atoms. The second-order valence-corrected chi connectivity index (χ2v) is 7.38. The highest BCUT2D eigenvalue weighted by Crippen LogP contribution is 2.36. The molecule has 0 heterocycles. The van der Waals surface area contributed by atoms with Crippen LogP contribution in [0.3, 0.4) is 0 Å². The first kappa shape index (κ1) is 16.5. The van der Waals surface area contributed by atoms with Gasteiger partial charge in [0.15, 0.2) is 0 Å². The van der Waals surface area contributed by atoms with Crippen molar-refractivity contribution < 1.29 is 4.79 Å². The molecule has 0 saturated heterocycles. The molecule has 0 aromatic heterocycles. The first-order chi connectivity index (χ1) is 9.83. The first-order valence-corrected chi connectivity index (χ1v) is 8.19. The summed E-state index contributed by atoms with van der Waals surface area (Å²) < 4.78 is 0. The third-order valence-corrected chi connectivity index (χ3v) is 5.26. The fourth-order valence-corrected chi connectivity index (χ4v) is 3.62. The van der Waals surface area contributed by atoms with Crippen molar-refractivity contribution in [1.82, 2.24) is 4.90 Å². The molecule has 0 amide bonds. The molecule has 1 aliphatic rings. The molecule has 0 N–H and O–H groups in total. The van der Waals surface area contributed by atoms with Crippen molar-refractivity contribution in [2.45, 2.75) is 46.1 Å². The van der Waals surface area contributed by atoms with Gasteiger partial charge >= 0.3 is 0 Å². The lowest BCUT2D eigenvalue weighted by Gasteiger charge is -2.37. The van der Waals surface area contributed by atoms with Crippen LogP contribution in [0.2, 0.25) is 5.02 Å². The third-order valence-electron chi connectivity index (χ3n) is 4.92. The van der Waals surface area contributed by atoms with Gasteiger partial charge in [-0.15, -0.1) is 0 Å². The summed E-state index contributed by atoms with van der Waals surface area (Å²) in [4.78, 5) is 14.8. The highest BCUT2D eigenvalue weighted by molar-refractivity contribution is 6.31. The van der Waals surface area contributed by atoms with E-state index in [9.17, 15) is 4.79 Å². The van der Waals surface area contributed by atoms with Crippen molar-refractivity contribution >= 4 is 17.4 Å². The molecule has 0 bridgehead atoms. The summed E-state index contributed by atoms with van der Waals surface area (Å²) in [6, 6.07) is 8.18. The highest BCUT2D eigenvalue weighted by Gasteiger charge is 2.37. The van der Waals surface area contributed by atoms with E-state index in [4.69, 9.17) is 11.6 Å². The summed E-state index contributed by atoms with van der Waals surface area (Å²) in [5.74, 6) is 0.579. The Morgan fingerprint density at radius 1 is 1.38 bits per heavy atom. The topological polar surface area (TPSA) is 20.3 Å². The summed E-state index contributed by atoms with van der Waals surface area (Å²) >= 11 is 6.29. The number of nitrogens with zero attached hydrogens (tertiary/aromatic N) is 1. The van der Waals surface area contributed by atoms with Crippen molar-refractivity contribution in [3.63, 3.8) is 0 Å². The average molecular weight is 308 g/mol. The Morgan fingerprint density at radius 2 is 2.05 bits per heavy atom. The molecule has 116 valence electrons. The summed E-state index contributed by atoms with van der Waals surface area (Å²) in [5.41, 5.74) is 0.974. The lowest BCUT2D eigenvalue weighted by molar-refractivity contribution is -0.135.